The van der Waals surface area contributed by atoms with Crippen molar-refractivity contribution in [2.45, 2.75) is 27.2 Å². The van der Waals surface area contributed by atoms with E-state index < -0.39 is 22.2 Å². The van der Waals surface area contributed by atoms with Crippen molar-refractivity contribution < 1.29 is 27.9 Å². The normalized spacial score (nSPS) is 15.7. The number of carbonyl (C=O) groups is 2. The van der Waals surface area contributed by atoms with Gasteiger partial charge in [-0.3, -0.25) is 9.59 Å². The number of ether oxygens (including phenoxy) is 1. The summed E-state index contributed by atoms with van der Waals surface area (Å²) >= 11 is 0. The zero-order valence-electron chi connectivity index (χ0n) is 12.6. The molecular formula is C13H23NO6S. The molecule has 1 aliphatic heterocycles. The van der Waals surface area contributed by atoms with Crippen LogP contribution < -0.4 is 0 Å². The lowest BCUT2D eigenvalue weighted by Crippen LogP contribution is -2.42. The molecule has 1 fully saturated rings. The van der Waals surface area contributed by atoms with Crippen LogP contribution in [-0.4, -0.2) is 62.0 Å². The SMILES string of the molecule is CC(C)C.O=C(O)C(C=S(=O)=O)CC(=O)N1CCOCC1. The van der Waals surface area contributed by atoms with E-state index in [1.165, 1.54) is 4.90 Å². The van der Waals surface area contributed by atoms with Crippen molar-refractivity contribution in [1.29, 1.82) is 0 Å². The minimum Gasteiger partial charge on any atom is -0.481 e. The zero-order chi connectivity index (χ0) is 16.4. The van der Waals surface area contributed by atoms with Gasteiger partial charge in [-0.25, -0.2) is 0 Å². The maximum atomic E-state index is 11.7. The molecule has 7 nitrogen and oxygen atoms in total. The highest BCUT2D eigenvalue weighted by Crippen LogP contribution is 2.06. The van der Waals surface area contributed by atoms with Gasteiger partial charge in [0.1, 0.15) is 0 Å². The molecule has 0 spiro atoms. The lowest BCUT2D eigenvalue weighted by molar-refractivity contribution is -0.144. The van der Waals surface area contributed by atoms with Crippen molar-refractivity contribution in [3.63, 3.8) is 0 Å². The van der Waals surface area contributed by atoms with E-state index in [9.17, 15) is 18.0 Å². The van der Waals surface area contributed by atoms with Crippen LogP contribution >= 0.6 is 0 Å². The highest BCUT2D eigenvalue weighted by atomic mass is 32.2. The van der Waals surface area contributed by atoms with Crippen LogP contribution in [-0.2, 0) is 24.6 Å². The van der Waals surface area contributed by atoms with Gasteiger partial charge in [-0.2, -0.15) is 8.42 Å². The Kier molecular flexibility index (Phi) is 9.64. The summed E-state index contributed by atoms with van der Waals surface area (Å²) in [6.45, 7) is 8.15. The molecule has 1 atom stereocenters. The average molecular weight is 321 g/mol. The highest BCUT2D eigenvalue weighted by molar-refractivity contribution is 7.71. The van der Waals surface area contributed by atoms with E-state index >= 15 is 0 Å². The number of hydrogen-bond acceptors (Lipinski definition) is 5. The van der Waals surface area contributed by atoms with Crippen LogP contribution in [0.2, 0.25) is 0 Å². The standard InChI is InChI=1S/C9H13NO6S.C4H10/c11-8(10-1-3-16-4-2-10)5-7(9(12)13)6-17(14)15;1-4(2)3/h6-7H,1-5H2,(H,12,13);4H,1-3H3. The van der Waals surface area contributed by atoms with E-state index in [0.29, 0.717) is 31.7 Å². The number of nitrogens with zero attached hydrogens (tertiary/aromatic N) is 1. The number of carboxylic acids is 1. The van der Waals surface area contributed by atoms with Gasteiger partial charge in [0.2, 0.25) is 16.2 Å². The summed E-state index contributed by atoms with van der Waals surface area (Å²) in [4.78, 5) is 23.9. The van der Waals surface area contributed by atoms with Gasteiger partial charge >= 0.3 is 5.97 Å². The molecule has 1 aliphatic rings. The first kappa shape index (κ1) is 19.6. The van der Waals surface area contributed by atoms with Crippen LogP contribution in [0.15, 0.2) is 0 Å². The molecule has 21 heavy (non-hydrogen) atoms. The Bertz CT molecular complexity index is 454. The molecule has 0 aromatic rings. The Labute approximate surface area is 126 Å². The number of amides is 1. The summed E-state index contributed by atoms with van der Waals surface area (Å²) in [7, 11) is -2.59. The fraction of sp³-hybridized carbons (Fsp3) is 0.769. The Morgan fingerprint density at radius 2 is 1.71 bits per heavy atom. The quantitative estimate of drug-likeness (QED) is 0.746. The van der Waals surface area contributed by atoms with E-state index in [1.807, 2.05) is 0 Å². The van der Waals surface area contributed by atoms with Crippen molar-refractivity contribution >= 4 is 27.5 Å². The maximum Gasteiger partial charge on any atom is 0.311 e. The van der Waals surface area contributed by atoms with Crippen molar-refractivity contribution in [2.24, 2.45) is 11.8 Å². The third-order valence-corrected chi connectivity index (χ3v) is 2.90. The first-order valence-corrected chi connectivity index (χ1v) is 7.89. The molecule has 0 radical (unpaired) electrons. The van der Waals surface area contributed by atoms with Gasteiger partial charge in [-0.05, 0) is 5.92 Å². The third kappa shape index (κ3) is 10.0. The number of rotatable bonds is 4. The highest BCUT2D eigenvalue weighted by Gasteiger charge is 2.24. The molecule has 1 amide bonds. The molecule has 0 aliphatic carbocycles. The lowest BCUT2D eigenvalue weighted by atomic mass is 10.1. The van der Waals surface area contributed by atoms with Crippen molar-refractivity contribution in [1.82, 2.24) is 4.90 Å². The summed E-state index contributed by atoms with van der Waals surface area (Å²) in [6, 6.07) is 0. The average Bonchev–Trinajstić information content (AvgIpc) is 2.37. The number of carboxylic acid groups (broad SMARTS) is 1. The molecule has 0 aromatic carbocycles. The van der Waals surface area contributed by atoms with E-state index in [0.717, 1.165) is 5.92 Å². The minimum absolute atomic E-state index is 0.344. The van der Waals surface area contributed by atoms with Gasteiger partial charge in [-0.1, -0.05) is 20.8 Å². The Morgan fingerprint density at radius 1 is 1.24 bits per heavy atom. The van der Waals surface area contributed by atoms with E-state index in [2.05, 4.69) is 20.8 Å². The zero-order valence-corrected chi connectivity index (χ0v) is 13.4. The number of carbonyl (C=O) groups excluding carboxylic acids is 1. The van der Waals surface area contributed by atoms with E-state index in [-0.39, 0.29) is 12.3 Å². The molecule has 0 bridgehead atoms. The Morgan fingerprint density at radius 3 is 2.10 bits per heavy atom. The lowest BCUT2D eigenvalue weighted by Gasteiger charge is -2.27. The largest absolute Gasteiger partial charge is 0.481 e. The van der Waals surface area contributed by atoms with Gasteiger partial charge in [0, 0.05) is 19.5 Å². The van der Waals surface area contributed by atoms with Gasteiger partial charge < -0.3 is 14.7 Å². The van der Waals surface area contributed by atoms with Gasteiger partial charge in [0.15, 0.2) is 0 Å². The number of morpholine rings is 1. The van der Waals surface area contributed by atoms with Crippen LogP contribution in [0.3, 0.4) is 0 Å². The van der Waals surface area contributed by atoms with Crippen molar-refractivity contribution in [3.8, 4) is 0 Å². The molecule has 1 rings (SSSR count). The second-order valence-electron chi connectivity index (χ2n) is 5.27. The van der Waals surface area contributed by atoms with Crippen LogP contribution in [0.5, 0.6) is 0 Å². The summed E-state index contributed by atoms with van der Waals surface area (Å²) < 4.78 is 25.9. The topological polar surface area (TPSA) is 101 Å². The second-order valence-corrected chi connectivity index (χ2v) is 6.06. The summed E-state index contributed by atoms with van der Waals surface area (Å²) in [5.41, 5.74) is 0. The Balaban J connectivity index is 0.000000885. The first-order valence-electron chi connectivity index (χ1n) is 6.75. The minimum atomic E-state index is -2.59. The van der Waals surface area contributed by atoms with Crippen LogP contribution in [0.1, 0.15) is 27.2 Å². The summed E-state index contributed by atoms with van der Waals surface area (Å²) in [5, 5.41) is 9.40. The summed E-state index contributed by atoms with van der Waals surface area (Å²) in [5.74, 6) is -2.16. The van der Waals surface area contributed by atoms with Gasteiger partial charge in [0.05, 0.1) is 24.5 Å². The molecule has 0 aromatic heterocycles. The fourth-order valence-corrected chi connectivity index (χ4v) is 1.94. The molecular weight excluding hydrogens is 298 g/mol. The predicted octanol–water partition coefficient (Wildman–Crippen LogP) is 0.280. The fourth-order valence-electron chi connectivity index (χ4n) is 1.46. The molecule has 1 N–H and O–H groups in total. The van der Waals surface area contributed by atoms with E-state index in [1.54, 1.807) is 0 Å². The van der Waals surface area contributed by atoms with Crippen LogP contribution in [0, 0.1) is 11.8 Å². The Hall–Kier alpha value is -1.41. The smallest absolute Gasteiger partial charge is 0.311 e. The van der Waals surface area contributed by atoms with Crippen molar-refractivity contribution in [3.05, 3.63) is 0 Å². The molecule has 1 heterocycles. The molecule has 122 valence electrons. The third-order valence-electron chi connectivity index (χ3n) is 2.35. The number of hydrogen-bond donors (Lipinski definition) is 1. The number of aliphatic carboxylic acids is 1. The van der Waals surface area contributed by atoms with E-state index in [4.69, 9.17) is 9.84 Å². The summed E-state index contributed by atoms with van der Waals surface area (Å²) in [6.07, 6.45) is -0.344. The van der Waals surface area contributed by atoms with Gasteiger partial charge in [0.25, 0.3) is 0 Å². The second kappa shape index (κ2) is 10.3. The molecule has 1 saturated heterocycles. The van der Waals surface area contributed by atoms with Crippen LogP contribution in [0.25, 0.3) is 0 Å². The first-order chi connectivity index (χ1) is 9.73. The monoisotopic (exact) mass is 321 g/mol. The van der Waals surface area contributed by atoms with Crippen molar-refractivity contribution in [2.75, 3.05) is 26.3 Å². The predicted molar refractivity (Wildman–Crippen MR) is 78.6 cm³/mol. The molecule has 0 saturated carbocycles. The van der Waals surface area contributed by atoms with Crippen LogP contribution in [0.4, 0.5) is 0 Å². The molecule has 1 unspecified atom stereocenters. The maximum absolute atomic E-state index is 11.7. The van der Waals surface area contributed by atoms with Gasteiger partial charge in [-0.15, -0.1) is 0 Å². The molecule has 8 heteroatoms.